The number of hydrogen-bond acceptors (Lipinski definition) is 3. The third-order valence-corrected chi connectivity index (χ3v) is 3.60. The number of halogens is 1. The molecule has 0 saturated heterocycles. The van der Waals surface area contributed by atoms with Crippen LogP contribution in [0.4, 0.5) is 17.1 Å². The Morgan fingerprint density at radius 3 is 2.21 bits per heavy atom. The third-order valence-electron chi connectivity index (χ3n) is 2.28. The molecule has 2 aromatic carbocycles. The number of anilines is 3. The Morgan fingerprint density at radius 2 is 1.58 bits per heavy atom. The van der Waals surface area contributed by atoms with E-state index in [1.807, 2.05) is 0 Å². The molecule has 0 fully saturated rings. The fourth-order valence-corrected chi connectivity index (χ4v) is 2.62. The van der Waals surface area contributed by atoms with Gasteiger partial charge in [-0.15, -0.1) is 0 Å². The molecule has 0 unspecified atom stereocenters. The van der Waals surface area contributed by atoms with Crippen molar-refractivity contribution in [2.45, 2.75) is 0 Å². The van der Waals surface area contributed by atoms with Crippen molar-refractivity contribution in [2.75, 3.05) is 15.2 Å². The van der Waals surface area contributed by atoms with Crippen molar-refractivity contribution in [2.24, 2.45) is 0 Å². The Kier molecular flexibility index (Phi) is 3.82. The molecule has 100 valence electrons. The summed E-state index contributed by atoms with van der Waals surface area (Å²) in [4.78, 5) is 0. The van der Waals surface area contributed by atoms with Gasteiger partial charge in [0.05, 0.1) is 16.4 Å². The van der Waals surface area contributed by atoms with Crippen molar-refractivity contribution < 1.29 is 8.42 Å². The first-order valence-corrected chi connectivity index (χ1v) is 7.23. The summed E-state index contributed by atoms with van der Waals surface area (Å²) in [5.74, 6) is 0. The van der Waals surface area contributed by atoms with E-state index in [1.54, 1.807) is 48.5 Å². The molecule has 5 nitrogen and oxygen atoms in total. The first-order valence-electron chi connectivity index (χ1n) is 5.37. The van der Waals surface area contributed by atoms with Gasteiger partial charge < -0.3 is 5.73 Å². The molecule has 0 saturated carbocycles. The molecule has 0 aliphatic heterocycles. The lowest BCUT2D eigenvalue weighted by atomic mass is 10.3. The van der Waals surface area contributed by atoms with Crippen molar-refractivity contribution in [3.8, 4) is 0 Å². The minimum atomic E-state index is -3.75. The van der Waals surface area contributed by atoms with Crippen molar-refractivity contribution in [3.05, 3.63) is 53.6 Å². The number of nitrogens with two attached hydrogens (primary N) is 1. The number of benzene rings is 2. The largest absolute Gasteiger partial charge is 0.399 e. The van der Waals surface area contributed by atoms with Crippen LogP contribution >= 0.6 is 11.6 Å². The predicted octanol–water partition coefficient (Wildman–Crippen LogP) is 2.69. The maximum absolute atomic E-state index is 11.9. The van der Waals surface area contributed by atoms with E-state index in [1.165, 1.54) is 0 Å². The minimum Gasteiger partial charge on any atom is -0.399 e. The van der Waals surface area contributed by atoms with Crippen LogP contribution in [0.25, 0.3) is 0 Å². The average Bonchev–Trinajstić information content (AvgIpc) is 2.35. The molecule has 0 aliphatic rings. The molecule has 4 N–H and O–H groups in total. The SMILES string of the molecule is Nc1ccc(NS(=O)(=O)Nc2ccccc2Cl)cc1. The van der Waals surface area contributed by atoms with Gasteiger partial charge in [-0.1, -0.05) is 23.7 Å². The van der Waals surface area contributed by atoms with Gasteiger partial charge in [0.25, 0.3) is 0 Å². The monoisotopic (exact) mass is 297 g/mol. The molecule has 0 heterocycles. The fraction of sp³-hybridized carbons (Fsp3) is 0. The summed E-state index contributed by atoms with van der Waals surface area (Å²) >= 11 is 5.88. The van der Waals surface area contributed by atoms with Crippen molar-refractivity contribution in [3.63, 3.8) is 0 Å². The highest BCUT2D eigenvalue weighted by Crippen LogP contribution is 2.22. The summed E-state index contributed by atoms with van der Waals surface area (Å²) in [5.41, 5.74) is 6.80. The maximum atomic E-state index is 11.9. The van der Waals surface area contributed by atoms with Gasteiger partial charge in [-0.3, -0.25) is 9.44 Å². The van der Waals surface area contributed by atoms with Crippen LogP contribution in [-0.4, -0.2) is 8.42 Å². The minimum absolute atomic E-state index is 0.312. The third kappa shape index (κ3) is 3.77. The Morgan fingerprint density at radius 1 is 0.947 bits per heavy atom. The molecule has 0 bridgehead atoms. The number of hydrogen-bond donors (Lipinski definition) is 3. The van der Waals surface area contributed by atoms with E-state index in [0.29, 0.717) is 22.1 Å². The number of nitrogens with one attached hydrogen (secondary N) is 2. The van der Waals surface area contributed by atoms with Crippen LogP contribution in [0.1, 0.15) is 0 Å². The average molecular weight is 298 g/mol. The van der Waals surface area contributed by atoms with Gasteiger partial charge in [-0.25, -0.2) is 0 Å². The number of para-hydroxylation sites is 1. The Labute approximate surface area is 116 Å². The molecule has 19 heavy (non-hydrogen) atoms. The quantitative estimate of drug-likeness (QED) is 0.759. The standard InChI is InChI=1S/C12H12ClN3O2S/c13-11-3-1-2-4-12(11)16-19(17,18)15-10-7-5-9(14)6-8-10/h1-8,15-16H,14H2. The summed E-state index contributed by atoms with van der Waals surface area (Å²) < 4.78 is 28.5. The predicted molar refractivity (Wildman–Crippen MR) is 78.5 cm³/mol. The smallest absolute Gasteiger partial charge is 0.321 e. The molecule has 0 spiro atoms. The van der Waals surface area contributed by atoms with E-state index >= 15 is 0 Å². The second-order valence-electron chi connectivity index (χ2n) is 3.81. The number of rotatable bonds is 4. The van der Waals surface area contributed by atoms with Gasteiger partial charge >= 0.3 is 10.2 Å². The molecule has 0 amide bonds. The van der Waals surface area contributed by atoms with Crippen LogP contribution in [0, 0.1) is 0 Å². The van der Waals surface area contributed by atoms with Crippen LogP contribution in [-0.2, 0) is 10.2 Å². The molecular weight excluding hydrogens is 286 g/mol. The Hall–Kier alpha value is -1.92. The Bertz CT molecular complexity index is 672. The molecule has 2 rings (SSSR count). The van der Waals surface area contributed by atoms with E-state index in [-0.39, 0.29) is 0 Å². The van der Waals surface area contributed by atoms with Crippen LogP contribution in [0.15, 0.2) is 48.5 Å². The highest BCUT2D eigenvalue weighted by atomic mass is 35.5. The lowest BCUT2D eigenvalue weighted by Gasteiger charge is -2.11. The summed E-state index contributed by atoms with van der Waals surface area (Å²) in [6, 6.07) is 12.9. The van der Waals surface area contributed by atoms with E-state index < -0.39 is 10.2 Å². The van der Waals surface area contributed by atoms with Crippen molar-refractivity contribution in [1.82, 2.24) is 0 Å². The zero-order chi connectivity index (χ0) is 13.9. The van der Waals surface area contributed by atoms with Gasteiger partial charge in [-0.2, -0.15) is 8.42 Å². The van der Waals surface area contributed by atoms with Crippen LogP contribution < -0.4 is 15.2 Å². The van der Waals surface area contributed by atoms with Crippen LogP contribution in [0.5, 0.6) is 0 Å². The summed E-state index contributed by atoms with van der Waals surface area (Å²) in [7, 11) is -3.75. The normalized spacial score (nSPS) is 11.0. The highest BCUT2D eigenvalue weighted by Gasteiger charge is 2.11. The van der Waals surface area contributed by atoms with Gasteiger partial charge in [0.15, 0.2) is 0 Å². The van der Waals surface area contributed by atoms with Crippen LogP contribution in [0.2, 0.25) is 5.02 Å². The first-order chi connectivity index (χ1) is 8.96. The van der Waals surface area contributed by atoms with Gasteiger partial charge in [0.2, 0.25) is 0 Å². The second kappa shape index (κ2) is 5.38. The second-order valence-corrected chi connectivity index (χ2v) is 5.63. The molecule has 0 atom stereocenters. The zero-order valence-electron chi connectivity index (χ0n) is 9.80. The number of nitrogen functional groups attached to an aromatic ring is 1. The molecule has 0 radical (unpaired) electrons. The van der Waals surface area contributed by atoms with Gasteiger partial charge in [-0.05, 0) is 36.4 Å². The summed E-state index contributed by atoms with van der Waals surface area (Å²) in [5, 5.41) is 0.324. The fourth-order valence-electron chi connectivity index (χ4n) is 1.42. The summed E-state index contributed by atoms with van der Waals surface area (Å²) in [6.07, 6.45) is 0. The van der Waals surface area contributed by atoms with Crippen LogP contribution in [0.3, 0.4) is 0 Å². The Balaban J connectivity index is 2.15. The van der Waals surface area contributed by atoms with E-state index in [0.717, 1.165) is 0 Å². The van der Waals surface area contributed by atoms with E-state index in [2.05, 4.69) is 9.44 Å². The van der Waals surface area contributed by atoms with Crippen molar-refractivity contribution in [1.29, 1.82) is 0 Å². The molecule has 0 aromatic heterocycles. The zero-order valence-corrected chi connectivity index (χ0v) is 11.4. The summed E-state index contributed by atoms with van der Waals surface area (Å²) in [6.45, 7) is 0. The lowest BCUT2D eigenvalue weighted by molar-refractivity contribution is 0.606. The molecule has 2 aromatic rings. The van der Waals surface area contributed by atoms with E-state index in [4.69, 9.17) is 17.3 Å². The molecule has 7 heteroatoms. The van der Waals surface area contributed by atoms with Gasteiger partial charge in [0, 0.05) is 5.69 Å². The highest BCUT2D eigenvalue weighted by molar-refractivity contribution is 7.94. The van der Waals surface area contributed by atoms with E-state index in [9.17, 15) is 8.42 Å². The molecular formula is C12H12ClN3O2S. The maximum Gasteiger partial charge on any atom is 0.321 e. The lowest BCUT2D eigenvalue weighted by Crippen LogP contribution is -2.21. The molecule has 0 aliphatic carbocycles. The first kappa shape index (κ1) is 13.5. The van der Waals surface area contributed by atoms with Crippen molar-refractivity contribution >= 4 is 38.9 Å². The van der Waals surface area contributed by atoms with Gasteiger partial charge in [0.1, 0.15) is 0 Å². The topological polar surface area (TPSA) is 84.2 Å².